The molecule has 1 heterocycles. The maximum absolute atomic E-state index is 12.8. The van der Waals surface area contributed by atoms with Crippen molar-refractivity contribution < 1.29 is 19.2 Å². The Balaban J connectivity index is 1.79. The van der Waals surface area contributed by atoms with Gasteiger partial charge in [0.05, 0.1) is 22.4 Å². The third-order valence-corrected chi connectivity index (χ3v) is 5.06. The van der Waals surface area contributed by atoms with Crippen LogP contribution in [-0.2, 0) is 0 Å². The zero-order valence-electron chi connectivity index (χ0n) is 18.0. The number of fused-ring (bicyclic) bond motifs is 1. The summed E-state index contributed by atoms with van der Waals surface area (Å²) in [5.41, 5.74) is 1.52. The summed E-state index contributed by atoms with van der Waals surface area (Å²) in [5.74, 6) is -1.14. The molecule has 4 amide bonds. The van der Waals surface area contributed by atoms with Crippen molar-refractivity contribution in [3.63, 3.8) is 0 Å². The molecule has 2 N–H and O–H groups in total. The number of unbranched alkanes of at least 4 members (excludes halogenated alkanes) is 1. The van der Waals surface area contributed by atoms with Gasteiger partial charge in [0.1, 0.15) is 0 Å². The molecule has 3 rings (SSSR count). The minimum Gasteiger partial charge on any atom is -0.352 e. The van der Waals surface area contributed by atoms with Crippen LogP contribution in [0.15, 0.2) is 42.5 Å². The van der Waals surface area contributed by atoms with E-state index in [2.05, 4.69) is 10.6 Å². The van der Waals surface area contributed by atoms with Gasteiger partial charge >= 0.3 is 0 Å². The van der Waals surface area contributed by atoms with E-state index in [0.29, 0.717) is 35.8 Å². The molecule has 0 bridgehead atoms. The second-order valence-electron chi connectivity index (χ2n) is 7.98. The van der Waals surface area contributed by atoms with E-state index < -0.39 is 5.91 Å². The van der Waals surface area contributed by atoms with Gasteiger partial charge < -0.3 is 10.6 Å². The smallest absolute Gasteiger partial charge is 0.261 e. The van der Waals surface area contributed by atoms with Crippen LogP contribution in [0.4, 0.5) is 5.69 Å². The van der Waals surface area contributed by atoms with Crippen LogP contribution in [0, 0.1) is 5.92 Å². The highest BCUT2D eigenvalue weighted by atomic mass is 16.2. The lowest BCUT2D eigenvalue weighted by atomic mass is 10.0. The number of nitrogens with zero attached hydrogens (tertiary/aromatic N) is 1. The van der Waals surface area contributed by atoms with E-state index in [0.717, 1.165) is 12.8 Å². The van der Waals surface area contributed by atoms with Gasteiger partial charge in [0.25, 0.3) is 23.6 Å². The number of nitrogens with one attached hydrogen (secondary N) is 2. The molecule has 162 valence electrons. The van der Waals surface area contributed by atoms with Crippen molar-refractivity contribution in [2.75, 3.05) is 18.4 Å². The first-order chi connectivity index (χ1) is 14.8. The van der Waals surface area contributed by atoms with E-state index in [1.54, 1.807) is 24.3 Å². The molecule has 0 radical (unpaired) electrons. The van der Waals surface area contributed by atoms with Crippen molar-refractivity contribution in [3.05, 3.63) is 64.7 Å². The predicted octanol–water partition coefficient (Wildman–Crippen LogP) is 3.72. The van der Waals surface area contributed by atoms with Crippen LogP contribution < -0.4 is 10.6 Å². The van der Waals surface area contributed by atoms with E-state index >= 15 is 0 Å². The molecule has 0 aliphatic carbocycles. The Labute approximate surface area is 181 Å². The molecule has 0 saturated carbocycles. The van der Waals surface area contributed by atoms with Crippen molar-refractivity contribution >= 4 is 29.3 Å². The van der Waals surface area contributed by atoms with Crippen LogP contribution in [0.3, 0.4) is 0 Å². The molecule has 31 heavy (non-hydrogen) atoms. The van der Waals surface area contributed by atoms with Crippen molar-refractivity contribution in [3.8, 4) is 0 Å². The number of imide groups is 1. The fraction of sp³-hybridized carbons (Fsp3) is 0.333. The number of benzene rings is 2. The summed E-state index contributed by atoms with van der Waals surface area (Å²) in [5, 5.41) is 5.59. The highest BCUT2D eigenvalue weighted by Crippen LogP contribution is 2.25. The lowest BCUT2D eigenvalue weighted by Crippen LogP contribution is -2.30. The van der Waals surface area contributed by atoms with E-state index in [1.807, 2.05) is 20.8 Å². The summed E-state index contributed by atoms with van der Waals surface area (Å²) in [6.45, 7) is 6.87. The summed E-state index contributed by atoms with van der Waals surface area (Å²) < 4.78 is 0. The molecular formula is C24H27N3O4. The largest absolute Gasteiger partial charge is 0.352 e. The monoisotopic (exact) mass is 421 g/mol. The van der Waals surface area contributed by atoms with Crippen molar-refractivity contribution in [1.82, 2.24) is 10.2 Å². The topological polar surface area (TPSA) is 95.6 Å². The van der Waals surface area contributed by atoms with Crippen LogP contribution in [0.25, 0.3) is 0 Å². The Morgan fingerprint density at radius 3 is 2.39 bits per heavy atom. The Bertz CT molecular complexity index is 1030. The Morgan fingerprint density at radius 2 is 1.68 bits per heavy atom. The lowest BCUT2D eigenvalue weighted by molar-refractivity contribution is 0.0651. The maximum Gasteiger partial charge on any atom is 0.261 e. The van der Waals surface area contributed by atoms with Crippen LogP contribution in [0.2, 0.25) is 0 Å². The molecule has 0 aromatic heterocycles. The number of carbonyl (C=O) groups excluding carboxylic acids is 4. The highest BCUT2D eigenvalue weighted by Gasteiger charge is 2.35. The van der Waals surface area contributed by atoms with E-state index in [1.165, 1.54) is 23.1 Å². The van der Waals surface area contributed by atoms with Crippen molar-refractivity contribution in [2.24, 2.45) is 5.92 Å². The van der Waals surface area contributed by atoms with E-state index in [4.69, 9.17) is 0 Å². The SMILES string of the molecule is CCCCN1C(=O)c2ccc(C(=O)Nc3ccccc3C(=O)NCC(C)C)cc2C1=O. The normalized spacial score (nSPS) is 12.8. The van der Waals surface area contributed by atoms with Gasteiger partial charge in [0.15, 0.2) is 0 Å². The van der Waals surface area contributed by atoms with Crippen molar-refractivity contribution in [1.29, 1.82) is 0 Å². The number of anilines is 1. The fourth-order valence-electron chi connectivity index (χ4n) is 3.33. The molecule has 0 saturated heterocycles. The van der Waals surface area contributed by atoms with E-state index in [9.17, 15) is 19.2 Å². The molecule has 7 heteroatoms. The molecule has 1 aliphatic heterocycles. The first-order valence-electron chi connectivity index (χ1n) is 10.5. The van der Waals surface area contributed by atoms with Gasteiger partial charge in [-0.2, -0.15) is 0 Å². The maximum atomic E-state index is 12.8. The minimum atomic E-state index is -0.459. The standard InChI is InChI=1S/C24H27N3O4/c1-4-5-12-27-23(30)17-11-10-16(13-19(17)24(27)31)21(28)26-20-9-7-6-8-18(20)22(29)25-14-15(2)3/h6-11,13,15H,4-5,12,14H2,1-3H3,(H,25,29)(H,26,28). The zero-order chi connectivity index (χ0) is 22.5. The highest BCUT2D eigenvalue weighted by molar-refractivity contribution is 6.22. The third-order valence-electron chi connectivity index (χ3n) is 5.06. The Morgan fingerprint density at radius 1 is 0.968 bits per heavy atom. The van der Waals surface area contributed by atoms with Gasteiger partial charge in [-0.25, -0.2) is 0 Å². The summed E-state index contributed by atoms with van der Waals surface area (Å²) in [7, 11) is 0. The summed E-state index contributed by atoms with van der Waals surface area (Å²) in [6.07, 6.45) is 1.60. The second kappa shape index (κ2) is 9.55. The quantitative estimate of drug-likeness (QED) is 0.635. The van der Waals surface area contributed by atoms with Gasteiger partial charge in [-0.05, 0) is 42.7 Å². The van der Waals surface area contributed by atoms with E-state index in [-0.39, 0.29) is 28.8 Å². The van der Waals surface area contributed by atoms with Gasteiger partial charge in [-0.1, -0.05) is 39.3 Å². The summed E-state index contributed by atoms with van der Waals surface area (Å²) in [4.78, 5) is 51.7. The predicted molar refractivity (Wildman–Crippen MR) is 118 cm³/mol. The third kappa shape index (κ3) is 4.82. The lowest BCUT2D eigenvalue weighted by Gasteiger charge is -2.13. The van der Waals surface area contributed by atoms with Crippen LogP contribution >= 0.6 is 0 Å². The number of hydrogen-bond donors (Lipinski definition) is 2. The van der Waals surface area contributed by atoms with Gasteiger partial charge in [0, 0.05) is 18.7 Å². The number of rotatable bonds is 8. The molecule has 1 aliphatic rings. The molecule has 2 aromatic rings. The first-order valence-corrected chi connectivity index (χ1v) is 10.5. The molecule has 2 aromatic carbocycles. The van der Waals surface area contributed by atoms with Crippen LogP contribution in [0.5, 0.6) is 0 Å². The van der Waals surface area contributed by atoms with Crippen LogP contribution in [-0.4, -0.2) is 41.6 Å². The summed E-state index contributed by atoms with van der Waals surface area (Å²) in [6, 6.07) is 11.2. The van der Waals surface area contributed by atoms with Gasteiger partial charge in [-0.15, -0.1) is 0 Å². The average molecular weight is 421 g/mol. The van der Waals surface area contributed by atoms with Crippen LogP contribution in [0.1, 0.15) is 75.0 Å². The number of carbonyl (C=O) groups is 4. The molecular weight excluding hydrogens is 394 g/mol. The number of para-hydroxylation sites is 1. The number of hydrogen-bond acceptors (Lipinski definition) is 4. The Kier molecular flexibility index (Phi) is 6.84. The van der Waals surface area contributed by atoms with Gasteiger partial charge in [-0.3, -0.25) is 24.1 Å². The molecule has 7 nitrogen and oxygen atoms in total. The van der Waals surface area contributed by atoms with Gasteiger partial charge in [0.2, 0.25) is 0 Å². The fourth-order valence-corrected chi connectivity index (χ4v) is 3.33. The molecule has 0 unspecified atom stereocenters. The Hall–Kier alpha value is -3.48. The molecule has 0 atom stereocenters. The summed E-state index contributed by atoms with van der Waals surface area (Å²) >= 11 is 0. The first kappa shape index (κ1) is 22.2. The molecule has 0 fully saturated rings. The minimum absolute atomic E-state index is 0.233. The van der Waals surface area contributed by atoms with Crippen molar-refractivity contribution in [2.45, 2.75) is 33.6 Å². The molecule has 0 spiro atoms. The second-order valence-corrected chi connectivity index (χ2v) is 7.98. The number of amides is 4. The average Bonchev–Trinajstić information content (AvgIpc) is 3.00. The zero-order valence-corrected chi connectivity index (χ0v) is 18.0.